The van der Waals surface area contributed by atoms with Gasteiger partial charge < -0.3 is 10.0 Å². The van der Waals surface area contributed by atoms with Crippen molar-refractivity contribution in [3.05, 3.63) is 82.4 Å². The monoisotopic (exact) mass is 527 g/mol. The molecule has 1 saturated heterocycles. The van der Waals surface area contributed by atoms with Crippen LogP contribution >= 0.6 is 23.2 Å². The fraction of sp³-hybridized carbons (Fsp3) is 0.444. The van der Waals surface area contributed by atoms with Crippen LogP contribution < -0.4 is 0 Å². The van der Waals surface area contributed by atoms with Crippen molar-refractivity contribution in [1.82, 2.24) is 4.90 Å². The number of hydrogen-bond donors (Lipinski definition) is 1. The van der Waals surface area contributed by atoms with Crippen molar-refractivity contribution in [1.29, 1.82) is 0 Å². The zero-order valence-electron chi connectivity index (χ0n) is 19.7. The van der Waals surface area contributed by atoms with E-state index >= 15 is 0 Å². The van der Waals surface area contributed by atoms with Crippen LogP contribution in [0.1, 0.15) is 62.6 Å². The molecule has 5 atom stereocenters. The van der Waals surface area contributed by atoms with Gasteiger partial charge in [-0.1, -0.05) is 67.4 Å². The maximum absolute atomic E-state index is 14.0. The Bertz CT molecular complexity index is 1040. The lowest BCUT2D eigenvalue weighted by molar-refractivity contribution is -0.211. The minimum Gasteiger partial charge on any atom is -0.384 e. The van der Waals surface area contributed by atoms with Gasteiger partial charge in [-0.3, -0.25) is 4.79 Å². The number of rotatable bonds is 8. The van der Waals surface area contributed by atoms with Crippen LogP contribution in [-0.2, 0) is 4.79 Å². The first kappa shape index (κ1) is 27.6. The fourth-order valence-electron chi connectivity index (χ4n) is 5.16. The minimum absolute atomic E-state index is 0.245. The molecule has 1 aliphatic heterocycles. The summed E-state index contributed by atoms with van der Waals surface area (Å²) in [5.74, 6) is -0.508. The highest BCUT2D eigenvalue weighted by Crippen LogP contribution is 2.52. The maximum atomic E-state index is 14.0. The van der Waals surface area contributed by atoms with Gasteiger partial charge in [-0.15, -0.1) is 6.58 Å². The number of amides is 1. The summed E-state index contributed by atoms with van der Waals surface area (Å²) in [6, 6.07) is 12.9. The number of aliphatic hydroxyl groups excluding tert-OH is 1. The van der Waals surface area contributed by atoms with Gasteiger partial charge in [0.2, 0.25) is 5.91 Å². The second-order valence-electron chi connectivity index (χ2n) is 9.48. The zero-order chi connectivity index (χ0) is 26.0. The molecule has 3 rings (SSSR count). The molecule has 0 spiro atoms. The highest BCUT2D eigenvalue weighted by Gasteiger charge is 2.52. The number of halogens is 5. The molecule has 0 saturated carbocycles. The van der Waals surface area contributed by atoms with E-state index in [1.54, 1.807) is 48.2 Å². The number of hydrogen-bond acceptors (Lipinski definition) is 2. The standard InChI is InChI=1S/C27H30Cl2F3NO2/c1-4-13-26(3)16-22(18-7-6-8-20(29)14-18)24(17-9-11-19(28)12-10-17)33(25(26)35)21(5-2)15-23(34)27(30,31)32/h4,6-12,14,21-24,34H,1,5,13,15-16H2,2-3H3/t21?,22-,23+,24-,26+/m1/s1. The van der Waals surface area contributed by atoms with Gasteiger partial charge in [-0.25, -0.2) is 0 Å². The summed E-state index contributed by atoms with van der Waals surface area (Å²) in [7, 11) is 0. The SMILES string of the molecule is C=CC[C@@]1(C)C[C@H](c2cccc(Cl)c2)[C@@H](c2ccc(Cl)cc2)N(C(CC)C[C@H](O)C(F)(F)F)C1=O. The molecule has 3 nitrogen and oxygen atoms in total. The van der Waals surface area contributed by atoms with Gasteiger partial charge in [-0.2, -0.15) is 13.2 Å². The Morgan fingerprint density at radius 3 is 2.37 bits per heavy atom. The fourth-order valence-corrected chi connectivity index (χ4v) is 5.48. The molecular weight excluding hydrogens is 498 g/mol. The lowest BCUT2D eigenvalue weighted by atomic mass is 9.67. The Balaban J connectivity index is 2.21. The number of aliphatic hydroxyl groups is 1. The van der Waals surface area contributed by atoms with E-state index in [9.17, 15) is 23.1 Å². The van der Waals surface area contributed by atoms with Gasteiger partial charge in [-0.05, 0) is 54.7 Å². The van der Waals surface area contributed by atoms with E-state index in [1.165, 1.54) is 0 Å². The topological polar surface area (TPSA) is 40.5 Å². The summed E-state index contributed by atoms with van der Waals surface area (Å²) in [6.45, 7) is 7.36. The highest BCUT2D eigenvalue weighted by molar-refractivity contribution is 6.30. The van der Waals surface area contributed by atoms with Crippen LogP contribution in [0.5, 0.6) is 0 Å². The number of benzene rings is 2. The molecule has 1 N–H and O–H groups in total. The summed E-state index contributed by atoms with van der Waals surface area (Å²) in [4.78, 5) is 15.6. The number of allylic oxidation sites excluding steroid dienone is 1. The van der Waals surface area contributed by atoms with Crippen molar-refractivity contribution >= 4 is 29.1 Å². The van der Waals surface area contributed by atoms with Crippen molar-refractivity contribution in [2.75, 3.05) is 0 Å². The molecular formula is C27H30Cl2F3NO2. The number of carbonyl (C=O) groups is 1. The Labute approximate surface area is 214 Å². The van der Waals surface area contributed by atoms with E-state index in [2.05, 4.69) is 6.58 Å². The number of alkyl halides is 3. The van der Waals surface area contributed by atoms with Gasteiger partial charge >= 0.3 is 6.18 Å². The second-order valence-corrected chi connectivity index (χ2v) is 10.4. The summed E-state index contributed by atoms with van der Waals surface area (Å²) in [5, 5.41) is 11.0. The lowest BCUT2D eigenvalue weighted by Crippen LogP contribution is -2.56. The molecule has 0 aliphatic carbocycles. The molecule has 35 heavy (non-hydrogen) atoms. The van der Waals surface area contributed by atoms with E-state index in [1.807, 2.05) is 25.1 Å². The average Bonchev–Trinajstić information content (AvgIpc) is 2.79. The zero-order valence-corrected chi connectivity index (χ0v) is 21.2. The Kier molecular flexibility index (Phi) is 8.61. The van der Waals surface area contributed by atoms with Gasteiger partial charge in [0.05, 0.1) is 11.5 Å². The van der Waals surface area contributed by atoms with Crippen molar-refractivity contribution in [3.8, 4) is 0 Å². The first-order valence-corrected chi connectivity index (χ1v) is 12.4. The molecule has 190 valence electrons. The molecule has 1 fully saturated rings. The molecule has 1 amide bonds. The first-order valence-electron chi connectivity index (χ1n) is 11.6. The van der Waals surface area contributed by atoms with E-state index in [4.69, 9.17) is 23.2 Å². The quantitative estimate of drug-likeness (QED) is 0.357. The normalized spacial score (nSPS) is 24.8. The Hall–Kier alpha value is -2.02. The van der Waals surface area contributed by atoms with Crippen molar-refractivity contribution in [3.63, 3.8) is 0 Å². The predicted octanol–water partition coefficient (Wildman–Crippen LogP) is 7.72. The maximum Gasteiger partial charge on any atom is 0.414 e. The van der Waals surface area contributed by atoms with Gasteiger partial charge in [0.25, 0.3) is 0 Å². The van der Waals surface area contributed by atoms with E-state index in [0.717, 1.165) is 11.1 Å². The van der Waals surface area contributed by atoms with Crippen LogP contribution in [0.25, 0.3) is 0 Å². The van der Waals surface area contributed by atoms with Gasteiger partial charge in [0.15, 0.2) is 6.10 Å². The molecule has 1 heterocycles. The molecule has 1 aliphatic rings. The third-order valence-electron chi connectivity index (χ3n) is 6.92. The largest absolute Gasteiger partial charge is 0.414 e. The van der Waals surface area contributed by atoms with Crippen LogP contribution in [0.15, 0.2) is 61.2 Å². The van der Waals surface area contributed by atoms with Crippen molar-refractivity contribution in [2.24, 2.45) is 5.41 Å². The Morgan fingerprint density at radius 1 is 1.17 bits per heavy atom. The predicted molar refractivity (Wildman–Crippen MR) is 134 cm³/mol. The van der Waals surface area contributed by atoms with Crippen LogP contribution in [0.4, 0.5) is 13.2 Å². The summed E-state index contributed by atoms with van der Waals surface area (Å²) in [5.41, 5.74) is 0.763. The number of likely N-dealkylation sites (tertiary alicyclic amines) is 1. The van der Waals surface area contributed by atoms with E-state index in [-0.39, 0.29) is 18.2 Å². The smallest absolute Gasteiger partial charge is 0.384 e. The van der Waals surface area contributed by atoms with Crippen molar-refractivity contribution < 1.29 is 23.1 Å². The number of nitrogens with zero attached hydrogens (tertiary/aromatic N) is 1. The van der Waals surface area contributed by atoms with Gasteiger partial charge in [0, 0.05) is 28.4 Å². The van der Waals surface area contributed by atoms with Crippen LogP contribution in [0.2, 0.25) is 10.0 Å². The van der Waals surface area contributed by atoms with E-state index in [0.29, 0.717) is 22.9 Å². The molecule has 2 aromatic carbocycles. The summed E-state index contributed by atoms with van der Waals surface area (Å²) >= 11 is 12.4. The molecule has 0 bridgehead atoms. The third kappa shape index (κ3) is 6.04. The minimum atomic E-state index is -4.78. The Morgan fingerprint density at radius 2 is 1.83 bits per heavy atom. The molecule has 0 radical (unpaired) electrons. The molecule has 8 heteroatoms. The number of carbonyl (C=O) groups excluding carboxylic acids is 1. The van der Waals surface area contributed by atoms with Crippen LogP contribution in [-0.4, -0.2) is 34.2 Å². The number of piperidine rings is 1. The summed E-state index contributed by atoms with van der Waals surface area (Å²) in [6.07, 6.45) is -5.19. The average molecular weight is 528 g/mol. The molecule has 0 aromatic heterocycles. The van der Waals surface area contributed by atoms with Gasteiger partial charge in [0.1, 0.15) is 0 Å². The highest BCUT2D eigenvalue weighted by atomic mass is 35.5. The van der Waals surface area contributed by atoms with Crippen molar-refractivity contribution in [2.45, 2.75) is 69.8 Å². The molecule has 2 aromatic rings. The first-order chi connectivity index (χ1) is 16.4. The van der Waals surface area contributed by atoms with Crippen LogP contribution in [0.3, 0.4) is 0 Å². The second kappa shape index (κ2) is 10.9. The molecule has 1 unspecified atom stereocenters. The van der Waals surface area contributed by atoms with E-state index < -0.39 is 36.2 Å². The van der Waals surface area contributed by atoms with Crippen LogP contribution in [0, 0.1) is 5.41 Å². The summed E-state index contributed by atoms with van der Waals surface area (Å²) < 4.78 is 40.0. The third-order valence-corrected chi connectivity index (χ3v) is 7.41. The lowest BCUT2D eigenvalue weighted by Gasteiger charge is -2.52.